The average Bonchev–Trinajstić information content (AvgIpc) is 2.44. The Bertz CT molecular complexity index is 443. The molecular formula is C17H24FN. The van der Waals surface area contributed by atoms with E-state index in [4.69, 9.17) is 0 Å². The Balaban J connectivity index is 1.66. The van der Waals surface area contributed by atoms with E-state index in [9.17, 15) is 4.39 Å². The largest absolute Gasteiger partial charge is 0.382 e. The Morgan fingerprint density at radius 3 is 2.68 bits per heavy atom. The predicted octanol–water partition coefficient (Wildman–Crippen LogP) is 4.90. The van der Waals surface area contributed by atoms with Crippen LogP contribution in [-0.4, -0.2) is 6.04 Å². The third kappa shape index (κ3) is 2.77. The molecule has 3 atom stereocenters. The van der Waals surface area contributed by atoms with Gasteiger partial charge in [0.1, 0.15) is 5.82 Å². The molecule has 0 radical (unpaired) electrons. The molecule has 0 amide bonds. The molecule has 104 valence electrons. The van der Waals surface area contributed by atoms with Crippen LogP contribution in [0.2, 0.25) is 0 Å². The Kier molecular flexibility index (Phi) is 3.76. The maximum atomic E-state index is 13.6. The maximum Gasteiger partial charge on any atom is 0.128 e. The molecule has 1 nitrogen and oxygen atoms in total. The van der Waals surface area contributed by atoms with Gasteiger partial charge in [-0.25, -0.2) is 4.39 Å². The second-order valence-corrected chi connectivity index (χ2v) is 6.37. The van der Waals surface area contributed by atoms with Crippen LogP contribution >= 0.6 is 0 Å². The summed E-state index contributed by atoms with van der Waals surface area (Å²) < 4.78 is 13.6. The van der Waals surface area contributed by atoms with Gasteiger partial charge in [-0.1, -0.05) is 31.7 Å². The summed E-state index contributed by atoms with van der Waals surface area (Å²) in [6, 6.07) is 5.89. The van der Waals surface area contributed by atoms with E-state index in [2.05, 4.69) is 5.32 Å². The molecule has 1 aromatic carbocycles. The predicted molar refractivity (Wildman–Crippen MR) is 77.8 cm³/mol. The number of rotatable bonds is 2. The summed E-state index contributed by atoms with van der Waals surface area (Å²) in [5.74, 6) is 1.78. The van der Waals surface area contributed by atoms with Gasteiger partial charge in [-0.2, -0.15) is 0 Å². The van der Waals surface area contributed by atoms with Crippen molar-refractivity contribution in [2.45, 2.75) is 57.9 Å². The summed E-state index contributed by atoms with van der Waals surface area (Å²) in [5, 5.41) is 3.58. The lowest BCUT2D eigenvalue weighted by atomic mass is 9.69. The van der Waals surface area contributed by atoms with Crippen molar-refractivity contribution in [1.29, 1.82) is 0 Å². The first-order chi connectivity index (χ1) is 9.24. The first-order valence-corrected chi connectivity index (χ1v) is 7.75. The van der Waals surface area contributed by atoms with Crippen LogP contribution in [0.5, 0.6) is 0 Å². The highest BCUT2D eigenvalue weighted by molar-refractivity contribution is 5.51. The van der Waals surface area contributed by atoms with Gasteiger partial charge in [0.05, 0.1) is 0 Å². The second kappa shape index (κ2) is 5.52. The van der Waals surface area contributed by atoms with E-state index in [1.807, 2.05) is 13.0 Å². The average molecular weight is 261 g/mol. The second-order valence-electron chi connectivity index (χ2n) is 6.37. The molecule has 0 spiro atoms. The van der Waals surface area contributed by atoms with Crippen molar-refractivity contribution in [2.24, 2.45) is 11.8 Å². The summed E-state index contributed by atoms with van der Waals surface area (Å²) >= 11 is 0. The van der Waals surface area contributed by atoms with Crippen molar-refractivity contribution < 1.29 is 4.39 Å². The minimum atomic E-state index is -0.101. The molecule has 2 saturated carbocycles. The van der Waals surface area contributed by atoms with E-state index in [-0.39, 0.29) is 5.82 Å². The third-order valence-electron chi connectivity index (χ3n) is 5.17. The minimum Gasteiger partial charge on any atom is -0.382 e. The van der Waals surface area contributed by atoms with Crippen LogP contribution in [0.15, 0.2) is 18.2 Å². The van der Waals surface area contributed by atoms with Gasteiger partial charge < -0.3 is 5.32 Å². The Morgan fingerprint density at radius 2 is 1.84 bits per heavy atom. The van der Waals surface area contributed by atoms with Gasteiger partial charge in [-0.15, -0.1) is 0 Å². The number of fused-ring (bicyclic) bond motifs is 1. The Hall–Kier alpha value is -1.05. The quantitative estimate of drug-likeness (QED) is 0.798. The molecule has 0 heterocycles. The van der Waals surface area contributed by atoms with Crippen molar-refractivity contribution in [1.82, 2.24) is 0 Å². The van der Waals surface area contributed by atoms with Crippen LogP contribution in [0.1, 0.15) is 50.5 Å². The summed E-state index contributed by atoms with van der Waals surface area (Å²) in [7, 11) is 0. The highest BCUT2D eigenvalue weighted by Crippen LogP contribution is 2.41. The third-order valence-corrected chi connectivity index (χ3v) is 5.17. The van der Waals surface area contributed by atoms with Crippen molar-refractivity contribution in [3.63, 3.8) is 0 Å². The molecular weight excluding hydrogens is 237 g/mol. The molecule has 2 fully saturated rings. The van der Waals surface area contributed by atoms with Crippen LogP contribution in [0.4, 0.5) is 10.1 Å². The normalized spacial score (nSPS) is 30.7. The van der Waals surface area contributed by atoms with E-state index in [1.54, 1.807) is 12.1 Å². The molecule has 3 rings (SSSR count). The molecule has 0 saturated heterocycles. The fraction of sp³-hybridized carbons (Fsp3) is 0.647. The van der Waals surface area contributed by atoms with Gasteiger partial charge in [0.2, 0.25) is 0 Å². The van der Waals surface area contributed by atoms with Crippen molar-refractivity contribution >= 4 is 5.69 Å². The van der Waals surface area contributed by atoms with E-state index in [0.29, 0.717) is 6.04 Å². The van der Waals surface area contributed by atoms with Gasteiger partial charge in [-0.05, 0) is 50.2 Å². The van der Waals surface area contributed by atoms with Crippen LogP contribution in [-0.2, 0) is 0 Å². The number of hydrogen-bond acceptors (Lipinski definition) is 1. The van der Waals surface area contributed by atoms with E-state index in [0.717, 1.165) is 23.1 Å². The van der Waals surface area contributed by atoms with E-state index < -0.39 is 0 Å². The van der Waals surface area contributed by atoms with Crippen LogP contribution in [0.3, 0.4) is 0 Å². The van der Waals surface area contributed by atoms with Crippen molar-refractivity contribution in [2.75, 3.05) is 5.32 Å². The van der Waals surface area contributed by atoms with Gasteiger partial charge >= 0.3 is 0 Å². The summed E-state index contributed by atoms with van der Waals surface area (Å²) in [6.45, 7) is 1.86. The monoisotopic (exact) mass is 261 g/mol. The van der Waals surface area contributed by atoms with Crippen LogP contribution < -0.4 is 5.32 Å². The molecule has 0 aromatic heterocycles. The highest BCUT2D eigenvalue weighted by Gasteiger charge is 2.32. The molecule has 0 aliphatic heterocycles. The molecule has 1 N–H and O–H groups in total. The lowest BCUT2D eigenvalue weighted by molar-refractivity contribution is 0.162. The fourth-order valence-electron chi connectivity index (χ4n) is 3.99. The molecule has 3 unspecified atom stereocenters. The fourth-order valence-corrected chi connectivity index (χ4v) is 3.99. The van der Waals surface area contributed by atoms with Crippen LogP contribution in [0, 0.1) is 24.6 Å². The first-order valence-electron chi connectivity index (χ1n) is 7.75. The van der Waals surface area contributed by atoms with Gasteiger partial charge in [0.15, 0.2) is 0 Å². The topological polar surface area (TPSA) is 12.0 Å². The molecule has 2 aliphatic carbocycles. The Morgan fingerprint density at radius 1 is 1.05 bits per heavy atom. The molecule has 0 bridgehead atoms. The SMILES string of the molecule is Cc1c(F)cccc1NC1CCC2CCCCC2C1. The lowest BCUT2D eigenvalue weighted by Gasteiger charge is -2.40. The zero-order valence-corrected chi connectivity index (χ0v) is 11.8. The maximum absolute atomic E-state index is 13.6. The van der Waals surface area contributed by atoms with Crippen molar-refractivity contribution in [3.8, 4) is 0 Å². The van der Waals surface area contributed by atoms with Gasteiger partial charge in [-0.3, -0.25) is 0 Å². The number of anilines is 1. The van der Waals surface area contributed by atoms with Gasteiger partial charge in [0.25, 0.3) is 0 Å². The molecule has 1 aromatic rings. The van der Waals surface area contributed by atoms with E-state index in [1.165, 1.54) is 44.9 Å². The zero-order valence-electron chi connectivity index (χ0n) is 11.8. The number of nitrogens with one attached hydrogen (secondary N) is 1. The zero-order chi connectivity index (χ0) is 13.2. The number of hydrogen-bond donors (Lipinski definition) is 1. The number of benzene rings is 1. The summed E-state index contributed by atoms with van der Waals surface area (Å²) in [4.78, 5) is 0. The standard InChI is InChI=1S/C17H24FN/c1-12-16(18)7-4-8-17(12)19-15-10-9-13-5-2-3-6-14(13)11-15/h4,7-8,13-15,19H,2-3,5-6,9-11H2,1H3. The van der Waals surface area contributed by atoms with E-state index >= 15 is 0 Å². The minimum absolute atomic E-state index is 0.101. The molecule has 2 aliphatic rings. The van der Waals surface area contributed by atoms with Crippen molar-refractivity contribution in [3.05, 3.63) is 29.6 Å². The molecule has 2 heteroatoms. The number of halogens is 1. The lowest BCUT2D eigenvalue weighted by Crippen LogP contribution is -2.34. The van der Waals surface area contributed by atoms with Crippen LogP contribution in [0.25, 0.3) is 0 Å². The highest BCUT2D eigenvalue weighted by atomic mass is 19.1. The smallest absolute Gasteiger partial charge is 0.128 e. The first kappa shape index (κ1) is 13.0. The molecule has 19 heavy (non-hydrogen) atoms. The van der Waals surface area contributed by atoms with Gasteiger partial charge in [0, 0.05) is 17.3 Å². The summed E-state index contributed by atoms with van der Waals surface area (Å²) in [6.07, 6.45) is 9.57. The summed E-state index contributed by atoms with van der Waals surface area (Å²) in [5.41, 5.74) is 1.74. The Labute approximate surface area is 115 Å².